The van der Waals surface area contributed by atoms with E-state index < -0.39 is 0 Å². The summed E-state index contributed by atoms with van der Waals surface area (Å²) in [5.41, 5.74) is 6.67. The van der Waals surface area contributed by atoms with Gasteiger partial charge in [-0.05, 0) is 18.9 Å². The summed E-state index contributed by atoms with van der Waals surface area (Å²) in [5.74, 6) is 0.272. The minimum absolute atomic E-state index is 0.120. The summed E-state index contributed by atoms with van der Waals surface area (Å²) in [6.07, 6.45) is 1.91. The first-order valence-electron chi connectivity index (χ1n) is 4.99. The summed E-state index contributed by atoms with van der Waals surface area (Å²) >= 11 is 0. The number of carbonyl (C=O) groups excluding carboxylic acids is 1. The van der Waals surface area contributed by atoms with Crippen LogP contribution in [0.3, 0.4) is 0 Å². The van der Waals surface area contributed by atoms with Gasteiger partial charge in [0.1, 0.15) is 5.78 Å². The SMILES string of the molecule is CC(N)CCC(=O)Cc1ccccc1. The molecule has 0 aliphatic carbocycles. The van der Waals surface area contributed by atoms with Gasteiger partial charge >= 0.3 is 0 Å². The van der Waals surface area contributed by atoms with Crippen molar-refractivity contribution in [3.8, 4) is 0 Å². The zero-order chi connectivity index (χ0) is 10.4. The zero-order valence-electron chi connectivity index (χ0n) is 8.57. The van der Waals surface area contributed by atoms with Gasteiger partial charge in [-0.1, -0.05) is 30.3 Å². The van der Waals surface area contributed by atoms with Crippen LogP contribution in [0.15, 0.2) is 30.3 Å². The second-order valence-corrected chi connectivity index (χ2v) is 3.72. The maximum Gasteiger partial charge on any atom is 0.137 e. The van der Waals surface area contributed by atoms with Crippen molar-refractivity contribution in [2.75, 3.05) is 0 Å². The Morgan fingerprint density at radius 2 is 2.00 bits per heavy atom. The van der Waals surface area contributed by atoms with Gasteiger partial charge in [-0.15, -0.1) is 0 Å². The van der Waals surface area contributed by atoms with Crippen LogP contribution in [0.5, 0.6) is 0 Å². The van der Waals surface area contributed by atoms with Gasteiger partial charge < -0.3 is 5.73 Å². The Bertz CT molecular complexity index is 280. The molecule has 0 heterocycles. The average molecular weight is 191 g/mol. The molecule has 14 heavy (non-hydrogen) atoms. The molecule has 0 aliphatic heterocycles. The molecule has 0 saturated carbocycles. The predicted octanol–water partition coefficient (Wildman–Crippen LogP) is 1.93. The van der Waals surface area contributed by atoms with E-state index in [1.807, 2.05) is 37.3 Å². The molecule has 2 N–H and O–H groups in total. The summed E-state index contributed by atoms with van der Waals surface area (Å²) < 4.78 is 0. The Balaban J connectivity index is 2.35. The Hall–Kier alpha value is -1.15. The molecular formula is C12H17NO. The highest BCUT2D eigenvalue weighted by atomic mass is 16.1. The van der Waals surface area contributed by atoms with Crippen LogP contribution in [0.25, 0.3) is 0 Å². The van der Waals surface area contributed by atoms with Gasteiger partial charge in [0.15, 0.2) is 0 Å². The predicted molar refractivity (Wildman–Crippen MR) is 58.0 cm³/mol. The number of nitrogens with two attached hydrogens (primary N) is 1. The maximum absolute atomic E-state index is 11.5. The summed E-state index contributed by atoms with van der Waals surface area (Å²) in [6.45, 7) is 1.93. The molecular weight excluding hydrogens is 174 g/mol. The molecule has 0 aliphatic rings. The number of carbonyl (C=O) groups is 1. The molecule has 2 heteroatoms. The number of benzene rings is 1. The molecule has 0 amide bonds. The summed E-state index contributed by atoms with van der Waals surface area (Å²) in [6, 6.07) is 9.93. The first-order chi connectivity index (χ1) is 6.68. The van der Waals surface area contributed by atoms with Crippen molar-refractivity contribution in [1.82, 2.24) is 0 Å². The number of rotatable bonds is 5. The van der Waals surface area contributed by atoms with E-state index in [9.17, 15) is 4.79 Å². The second kappa shape index (κ2) is 5.55. The van der Waals surface area contributed by atoms with E-state index in [1.54, 1.807) is 0 Å². The zero-order valence-corrected chi connectivity index (χ0v) is 8.57. The van der Waals surface area contributed by atoms with Crippen molar-refractivity contribution in [3.63, 3.8) is 0 Å². The highest BCUT2D eigenvalue weighted by Crippen LogP contribution is 2.04. The Labute approximate surface area is 85.1 Å². The van der Waals surface area contributed by atoms with Crippen molar-refractivity contribution >= 4 is 5.78 Å². The molecule has 2 nitrogen and oxygen atoms in total. The van der Waals surface area contributed by atoms with Crippen molar-refractivity contribution < 1.29 is 4.79 Å². The number of hydrogen-bond acceptors (Lipinski definition) is 2. The van der Waals surface area contributed by atoms with Crippen LogP contribution in [0.2, 0.25) is 0 Å². The van der Waals surface area contributed by atoms with Gasteiger partial charge in [-0.2, -0.15) is 0 Å². The topological polar surface area (TPSA) is 43.1 Å². The fraction of sp³-hybridized carbons (Fsp3) is 0.417. The van der Waals surface area contributed by atoms with Crippen LogP contribution in [-0.4, -0.2) is 11.8 Å². The fourth-order valence-electron chi connectivity index (χ4n) is 1.30. The molecule has 1 aromatic rings. The van der Waals surface area contributed by atoms with Gasteiger partial charge in [0.2, 0.25) is 0 Å². The standard InChI is InChI=1S/C12H17NO/c1-10(13)7-8-12(14)9-11-5-3-2-4-6-11/h2-6,10H,7-9,13H2,1H3. The minimum atomic E-state index is 0.120. The lowest BCUT2D eigenvalue weighted by molar-refractivity contribution is -0.118. The van der Waals surface area contributed by atoms with E-state index in [4.69, 9.17) is 5.73 Å². The second-order valence-electron chi connectivity index (χ2n) is 3.72. The Kier molecular flexibility index (Phi) is 4.33. The highest BCUT2D eigenvalue weighted by molar-refractivity contribution is 5.80. The highest BCUT2D eigenvalue weighted by Gasteiger charge is 2.04. The van der Waals surface area contributed by atoms with Crippen LogP contribution < -0.4 is 5.73 Å². The van der Waals surface area contributed by atoms with Crippen LogP contribution >= 0.6 is 0 Å². The molecule has 0 radical (unpaired) electrons. The van der Waals surface area contributed by atoms with Crippen molar-refractivity contribution in [3.05, 3.63) is 35.9 Å². The molecule has 0 aromatic heterocycles. The summed E-state index contributed by atoms with van der Waals surface area (Å²) in [4.78, 5) is 11.5. The molecule has 1 rings (SSSR count). The van der Waals surface area contributed by atoms with E-state index in [1.165, 1.54) is 0 Å². The fourth-order valence-corrected chi connectivity index (χ4v) is 1.30. The average Bonchev–Trinajstić information content (AvgIpc) is 2.16. The van der Waals surface area contributed by atoms with E-state index in [-0.39, 0.29) is 11.8 Å². The van der Waals surface area contributed by atoms with Crippen LogP contribution in [0, 0.1) is 0 Å². The molecule has 0 saturated heterocycles. The van der Waals surface area contributed by atoms with Crippen molar-refractivity contribution in [2.24, 2.45) is 5.73 Å². The molecule has 1 atom stereocenters. The molecule has 0 spiro atoms. The lowest BCUT2D eigenvalue weighted by Crippen LogP contribution is -2.16. The van der Waals surface area contributed by atoms with Crippen molar-refractivity contribution in [2.45, 2.75) is 32.2 Å². The maximum atomic E-state index is 11.5. The van der Waals surface area contributed by atoms with Crippen LogP contribution in [-0.2, 0) is 11.2 Å². The quantitative estimate of drug-likeness (QED) is 0.772. The Morgan fingerprint density at radius 3 is 2.57 bits per heavy atom. The van der Waals surface area contributed by atoms with Crippen LogP contribution in [0.4, 0.5) is 0 Å². The first-order valence-corrected chi connectivity index (χ1v) is 4.99. The van der Waals surface area contributed by atoms with Gasteiger partial charge in [-0.25, -0.2) is 0 Å². The molecule has 76 valence electrons. The minimum Gasteiger partial charge on any atom is -0.328 e. The van der Waals surface area contributed by atoms with Crippen LogP contribution in [0.1, 0.15) is 25.3 Å². The molecule has 0 fully saturated rings. The van der Waals surface area contributed by atoms with E-state index in [0.717, 1.165) is 12.0 Å². The third-order valence-electron chi connectivity index (χ3n) is 2.12. The van der Waals surface area contributed by atoms with Gasteiger partial charge in [0.05, 0.1) is 0 Å². The van der Waals surface area contributed by atoms with Gasteiger partial charge in [0.25, 0.3) is 0 Å². The van der Waals surface area contributed by atoms with Gasteiger partial charge in [0, 0.05) is 18.9 Å². The first kappa shape index (κ1) is 10.9. The largest absolute Gasteiger partial charge is 0.328 e. The molecule has 0 bridgehead atoms. The number of hydrogen-bond donors (Lipinski definition) is 1. The molecule has 1 aromatic carbocycles. The van der Waals surface area contributed by atoms with Gasteiger partial charge in [-0.3, -0.25) is 4.79 Å². The lowest BCUT2D eigenvalue weighted by atomic mass is 10.0. The third kappa shape index (κ3) is 4.19. The lowest BCUT2D eigenvalue weighted by Gasteiger charge is -2.03. The third-order valence-corrected chi connectivity index (χ3v) is 2.12. The van der Waals surface area contributed by atoms with Crippen molar-refractivity contribution in [1.29, 1.82) is 0 Å². The van der Waals surface area contributed by atoms with E-state index in [0.29, 0.717) is 12.8 Å². The molecule has 1 unspecified atom stereocenters. The Morgan fingerprint density at radius 1 is 1.36 bits per heavy atom. The smallest absolute Gasteiger partial charge is 0.137 e. The number of Topliss-reactive ketones (excluding diaryl/α,β-unsaturated/α-hetero) is 1. The van der Waals surface area contributed by atoms with E-state index >= 15 is 0 Å². The number of ketones is 1. The monoisotopic (exact) mass is 191 g/mol. The summed E-state index contributed by atoms with van der Waals surface area (Å²) in [7, 11) is 0. The normalized spacial score (nSPS) is 12.4. The summed E-state index contributed by atoms with van der Waals surface area (Å²) in [5, 5.41) is 0. The van der Waals surface area contributed by atoms with E-state index in [2.05, 4.69) is 0 Å².